The Bertz CT molecular complexity index is 880. The van der Waals surface area contributed by atoms with Crippen LogP contribution in [0, 0.1) is 32.6 Å². The number of likely N-dealkylation sites (tertiary alicyclic amines) is 1. The number of carbonyl (C=O) groups excluding carboxylic acids is 2. The van der Waals surface area contributed by atoms with Gasteiger partial charge in [-0.3, -0.25) is 4.79 Å². The summed E-state index contributed by atoms with van der Waals surface area (Å²) in [5.74, 6) is 0.137. The fourth-order valence-electron chi connectivity index (χ4n) is 3.86. The van der Waals surface area contributed by atoms with Crippen LogP contribution in [0.2, 0.25) is 0 Å². The fourth-order valence-corrected chi connectivity index (χ4v) is 3.86. The highest BCUT2D eigenvalue weighted by atomic mass is 16.5. The van der Waals surface area contributed by atoms with E-state index in [1.54, 1.807) is 11.8 Å². The van der Waals surface area contributed by atoms with Crippen molar-refractivity contribution in [2.75, 3.05) is 19.7 Å². The van der Waals surface area contributed by atoms with E-state index in [9.17, 15) is 9.59 Å². The van der Waals surface area contributed by atoms with E-state index in [1.807, 2.05) is 32.0 Å². The van der Waals surface area contributed by atoms with E-state index in [2.05, 4.69) is 24.0 Å². The van der Waals surface area contributed by atoms with Crippen LogP contribution in [0.15, 0.2) is 18.2 Å². The molecular formula is C21H28N4O3. The lowest BCUT2D eigenvalue weighted by atomic mass is 9.92. The minimum atomic E-state index is -0.625. The zero-order chi connectivity index (χ0) is 20.4. The zero-order valence-corrected chi connectivity index (χ0v) is 17.2. The molecule has 0 bridgehead atoms. The Kier molecular flexibility index (Phi) is 5.82. The van der Waals surface area contributed by atoms with Gasteiger partial charge in [0.1, 0.15) is 0 Å². The van der Waals surface area contributed by atoms with Gasteiger partial charge in [-0.05, 0) is 50.7 Å². The standard InChI is InChI=1S/C21H28N4O3/c1-13-6-7-18(16(4)9-13)25-22-17(5)20(23-25)21(27)28-12-19(26)24-10-14(2)8-15(3)11-24/h6-7,9,14-15H,8,10-12H2,1-5H3/t14-,15+. The number of piperidine rings is 1. The monoisotopic (exact) mass is 384 g/mol. The van der Waals surface area contributed by atoms with Gasteiger partial charge in [0.2, 0.25) is 0 Å². The Hall–Kier alpha value is -2.70. The largest absolute Gasteiger partial charge is 0.451 e. The van der Waals surface area contributed by atoms with Crippen molar-refractivity contribution in [1.29, 1.82) is 0 Å². The van der Waals surface area contributed by atoms with Crippen molar-refractivity contribution in [3.8, 4) is 5.69 Å². The minimum absolute atomic E-state index is 0.133. The molecular weight excluding hydrogens is 356 g/mol. The van der Waals surface area contributed by atoms with E-state index < -0.39 is 5.97 Å². The van der Waals surface area contributed by atoms with Crippen LogP contribution >= 0.6 is 0 Å². The number of ether oxygens (including phenoxy) is 1. The lowest BCUT2D eigenvalue weighted by Gasteiger charge is -2.34. The number of nitrogens with zero attached hydrogens (tertiary/aromatic N) is 4. The van der Waals surface area contributed by atoms with E-state index in [0.29, 0.717) is 30.6 Å². The molecule has 1 aliphatic rings. The van der Waals surface area contributed by atoms with Crippen LogP contribution in [0.5, 0.6) is 0 Å². The fraction of sp³-hybridized carbons (Fsp3) is 0.524. The molecule has 3 rings (SSSR count). The Morgan fingerprint density at radius 1 is 1.11 bits per heavy atom. The van der Waals surface area contributed by atoms with Gasteiger partial charge in [0, 0.05) is 13.1 Å². The van der Waals surface area contributed by atoms with Gasteiger partial charge in [-0.15, -0.1) is 5.10 Å². The normalized spacial score (nSPS) is 19.5. The summed E-state index contributed by atoms with van der Waals surface area (Å²) in [7, 11) is 0. The summed E-state index contributed by atoms with van der Waals surface area (Å²) in [5, 5.41) is 8.63. The lowest BCUT2D eigenvalue weighted by Crippen LogP contribution is -2.44. The van der Waals surface area contributed by atoms with E-state index >= 15 is 0 Å². The van der Waals surface area contributed by atoms with Gasteiger partial charge in [-0.25, -0.2) is 4.79 Å². The number of benzene rings is 1. The van der Waals surface area contributed by atoms with Crippen molar-refractivity contribution in [3.05, 3.63) is 40.7 Å². The number of hydrogen-bond acceptors (Lipinski definition) is 5. The third kappa shape index (κ3) is 4.40. The van der Waals surface area contributed by atoms with Crippen LogP contribution in [0.3, 0.4) is 0 Å². The molecule has 0 aliphatic carbocycles. The molecule has 0 unspecified atom stereocenters. The summed E-state index contributed by atoms with van der Waals surface area (Å²) < 4.78 is 5.25. The van der Waals surface area contributed by atoms with E-state index in [4.69, 9.17) is 4.74 Å². The molecule has 2 aromatic rings. The van der Waals surface area contributed by atoms with Gasteiger partial charge in [-0.2, -0.15) is 9.90 Å². The van der Waals surface area contributed by atoms with Crippen LogP contribution in [0.4, 0.5) is 0 Å². The molecule has 0 N–H and O–H groups in total. The average Bonchev–Trinajstić information content (AvgIpc) is 3.00. The van der Waals surface area contributed by atoms with Crippen molar-refractivity contribution in [2.45, 2.75) is 41.0 Å². The summed E-state index contributed by atoms with van der Waals surface area (Å²) in [6.07, 6.45) is 1.12. The molecule has 1 fully saturated rings. The van der Waals surface area contributed by atoms with E-state index in [1.165, 1.54) is 4.80 Å². The number of rotatable bonds is 4. The first-order chi connectivity index (χ1) is 13.2. The molecule has 7 nitrogen and oxygen atoms in total. The van der Waals surface area contributed by atoms with Crippen LogP contribution in [0.1, 0.15) is 47.6 Å². The quantitative estimate of drug-likeness (QED) is 0.758. The van der Waals surface area contributed by atoms with Crippen molar-refractivity contribution in [2.24, 2.45) is 11.8 Å². The predicted molar refractivity (Wildman–Crippen MR) is 105 cm³/mol. The second-order valence-electron chi connectivity index (χ2n) is 8.03. The maximum Gasteiger partial charge on any atom is 0.361 e. The molecule has 1 amide bonds. The molecule has 0 spiro atoms. The third-order valence-electron chi connectivity index (χ3n) is 5.09. The van der Waals surface area contributed by atoms with E-state index in [-0.39, 0.29) is 18.2 Å². The lowest BCUT2D eigenvalue weighted by molar-refractivity contribution is -0.137. The van der Waals surface area contributed by atoms with Crippen molar-refractivity contribution >= 4 is 11.9 Å². The third-order valence-corrected chi connectivity index (χ3v) is 5.09. The van der Waals surface area contributed by atoms with E-state index in [0.717, 1.165) is 23.2 Å². The number of esters is 1. The van der Waals surface area contributed by atoms with Crippen LogP contribution < -0.4 is 0 Å². The molecule has 150 valence electrons. The van der Waals surface area contributed by atoms with Gasteiger partial charge < -0.3 is 9.64 Å². The minimum Gasteiger partial charge on any atom is -0.451 e. The Morgan fingerprint density at radius 2 is 1.79 bits per heavy atom. The van der Waals surface area contributed by atoms with Gasteiger partial charge in [0.15, 0.2) is 12.3 Å². The first-order valence-corrected chi connectivity index (χ1v) is 9.71. The number of amides is 1. The number of aromatic nitrogens is 3. The van der Waals surface area contributed by atoms with Crippen molar-refractivity contribution in [3.63, 3.8) is 0 Å². The summed E-state index contributed by atoms with van der Waals surface area (Å²) in [4.78, 5) is 28.1. The van der Waals surface area contributed by atoms with Crippen molar-refractivity contribution in [1.82, 2.24) is 19.9 Å². The van der Waals surface area contributed by atoms with Crippen LogP contribution in [-0.2, 0) is 9.53 Å². The maximum atomic E-state index is 12.5. The molecule has 28 heavy (non-hydrogen) atoms. The Labute approximate surface area is 165 Å². The smallest absolute Gasteiger partial charge is 0.361 e. The molecule has 1 aliphatic heterocycles. The van der Waals surface area contributed by atoms with Crippen LogP contribution in [-0.4, -0.2) is 51.5 Å². The Balaban J connectivity index is 1.66. The average molecular weight is 384 g/mol. The highest BCUT2D eigenvalue weighted by molar-refractivity contribution is 5.90. The van der Waals surface area contributed by atoms with Gasteiger partial charge in [0.25, 0.3) is 5.91 Å². The molecule has 7 heteroatoms. The topological polar surface area (TPSA) is 77.3 Å². The van der Waals surface area contributed by atoms with Crippen LogP contribution in [0.25, 0.3) is 5.69 Å². The summed E-state index contributed by atoms with van der Waals surface area (Å²) in [5.41, 5.74) is 3.56. The first kappa shape index (κ1) is 20.0. The van der Waals surface area contributed by atoms with Gasteiger partial charge in [0.05, 0.1) is 11.4 Å². The summed E-state index contributed by atoms with van der Waals surface area (Å²) >= 11 is 0. The molecule has 1 aromatic carbocycles. The molecule has 1 aromatic heterocycles. The van der Waals surface area contributed by atoms with Crippen molar-refractivity contribution < 1.29 is 14.3 Å². The summed E-state index contributed by atoms with van der Waals surface area (Å²) in [6.45, 7) is 11.1. The number of hydrogen-bond donors (Lipinski definition) is 0. The summed E-state index contributed by atoms with van der Waals surface area (Å²) in [6, 6.07) is 5.92. The molecule has 2 heterocycles. The maximum absolute atomic E-state index is 12.5. The predicted octanol–water partition coefficient (Wildman–Crippen LogP) is 2.85. The number of aryl methyl sites for hydroxylation is 3. The Morgan fingerprint density at radius 3 is 2.43 bits per heavy atom. The molecule has 2 atom stereocenters. The number of carbonyl (C=O) groups is 2. The SMILES string of the molecule is Cc1ccc(-n2nc(C)c(C(=O)OCC(=O)N3C[C@H](C)C[C@H](C)C3)n2)c(C)c1. The highest BCUT2D eigenvalue weighted by Crippen LogP contribution is 2.21. The second-order valence-corrected chi connectivity index (χ2v) is 8.03. The molecule has 0 saturated carbocycles. The first-order valence-electron chi connectivity index (χ1n) is 9.71. The molecule has 1 saturated heterocycles. The highest BCUT2D eigenvalue weighted by Gasteiger charge is 2.27. The van der Waals surface area contributed by atoms with Gasteiger partial charge in [-0.1, -0.05) is 31.5 Å². The second kappa shape index (κ2) is 8.12. The zero-order valence-electron chi connectivity index (χ0n) is 17.2. The molecule has 0 radical (unpaired) electrons. The van der Waals surface area contributed by atoms with Gasteiger partial charge >= 0.3 is 5.97 Å².